The van der Waals surface area contributed by atoms with E-state index >= 15 is 0 Å². The molecule has 1 aromatic heterocycles. The Morgan fingerprint density at radius 2 is 2.00 bits per heavy atom. The number of hydrogen-bond donors (Lipinski definition) is 4. The van der Waals surface area contributed by atoms with Crippen molar-refractivity contribution in [2.75, 3.05) is 35.7 Å². The Kier molecular flexibility index (Phi) is 7.24. The Hall–Kier alpha value is -3.69. The molecule has 0 bridgehead atoms. The molecule has 0 saturated carbocycles. The Bertz CT molecular complexity index is 1220. The number of hydrogen-bond acceptors (Lipinski definition) is 7. The van der Waals surface area contributed by atoms with Crippen LogP contribution in [0.2, 0.25) is 5.02 Å². The first-order valence-corrected chi connectivity index (χ1v) is 11.3. The van der Waals surface area contributed by atoms with Crippen molar-refractivity contribution < 1.29 is 14.7 Å². The zero-order valence-corrected chi connectivity index (χ0v) is 19.4. The number of anilines is 5. The van der Waals surface area contributed by atoms with E-state index in [1.165, 1.54) is 6.20 Å². The fourth-order valence-corrected chi connectivity index (χ4v) is 3.89. The molecule has 10 heteroatoms. The molecule has 0 unspecified atom stereocenters. The van der Waals surface area contributed by atoms with Crippen molar-refractivity contribution in [1.82, 2.24) is 15.3 Å². The van der Waals surface area contributed by atoms with Gasteiger partial charge >= 0.3 is 0 Å². The zero-order valence-electron chi connectivity index (χ0n) is 18.6. The van der Waals surface area contributed by atoms with Crippen LogP contribution in [-0.2, 0) is 11.2 Å². The van der Waals surface area contributed by atoms with Crippen LogP contribution in [0.5, 0.6) is 0 Å². The fourth-order valence-electron chi connectivity index (χ4n) is 3.75. The third kappa shape index (κ3) is 5.27. The van der Waals surface area contributed by atoms with E-state index in [-0.39, 0.29) is 30.0 Å². The quantitative estimate of drug-likeness (QED) is 0.407. The molecule has 9 nitrogen and oxygen atoms in total. The van der Waals surface area contributed by atoms with Gasteiger partial charge in [0, 0.05) is 31.4 Å². The van der Waals surface area contributed by atoms with Crippen LogP contribution in [0.15, 0.2) is 48.7 Å². The Morgan fingerprint density at radius 3 is 2.82 bits per heavy atom. The third-order valence-corrected chi connectivity index (χ3v) is 5.75. The number of aliphatic hydroxyl groups excluding tert-OH is 1. The highest BCUT2D eigenvalue weighted by Gasteiger charge is 2.19. The summed E-state index contributed by atoms with van der Waals surface area (Å²) in [5.41, 5.74) is 3.68. The maximum atomic E-state index is 12.4. The molecule has 2 amide bonds. The van der Waals surface area contributed by atoms with Crippen LogP contribution >= 0.6 is 11.6 Å². The van der Waals surface area contributed by atoms with Gasteiger partial charge < -0.3 is 26.0 Å². The molecule has 0 spiro atoms. The first-order chi connectivity index (χ1) is 16.5. The number of nitrogens with one attached hydrogen (secondary N) is 3. The van der Waals surface area contributed by atoms with Crippen LogP contribution in [-0.4, -0.2) is 47.1 Å². The highest BCUT2D eigenvalue weighted by Crippen LogP contribution is 2.31. The molecule has 34 heavy (non-hydrogen) atoms. The summed E-state index contributed by atoms with van der Waals surface area (Å²) in [7, 11) is 1.79. The average molecular weight is 481 g/mol. The summed E-state index contributed by atoms with van der Waals surface area (Å²) in [5, 5.41) is 18.2. The van der Waals surface area contributed by atoms with Crippen molar-refractivity contribution in [2.24, 2.45) is 0 Å². The number of benzene rings is 2. The number of amides is 2. The van der Waals surface area contributed by atoms with Gasteiger partial charge in [-0.15, -0.1) is 0 Å². The van der Waals surface area contributed by atoms with Crippen LogP contribution < -0.4 is 20.9 Å². The van der Waals surface area contributed by atoms with Crippen molar-refractivity contribution in [1.29, 1.82) is 0 Å². The standard InChI is InChI=1S/C24H25ClN6O3/c1-31-20-10-9-16(13-15(20)5-4-8-21(31)33)28-24-27-14-18(25)22(30-24)29-19-7-3-2-6-17(19)23(34)26-11-12-32/h2-3,6-7,9-10,13-14,32H,4-5,8,11-12H2,1H3,(H,26,34)(H2,27,28,29,30). The van der Waals surface area contributed by atoms with Gasteiger partial charge in [-0.2, -0.15) is 4.98 Å². The van der Waals surface area contributed by atoms with Gasteiger partial charge in [-0.3, -0.25) is 9.59 Å². The number of fused-ring (bicyclic) bond motifs is 1. The van der Waals surface area contributed by atoms with E-state index in [1.807, 2.05) is 18.2 Å². The van der Waals surface area contributed by atoms with E-state index in [2.05, 4.69) is 25.9 Å². The maximum Gasteiger partial charge on any atom is 0.253 e. The van der Waals surface area contributed by atoms with Crippen molar-refractivity contribution in [3.05, 3.63) is 64.8 Å². The summed E-state index contributed by atoms with van der Waals surface area (Å²) >= 11 is 6.32. The lowest BCUT2D eigenvalue weighted by molar-refractivity contribution is -0.118. The lowest BCUT2D eigenvalue weighted by Gasteiger charge is -2.18. The molecule has 176 valence electrons. The minimum absolute atomic E-state index is 0.113. The molecule has 4 rings (SSSR count). The molecule has 0 radical (unpaired) electrons. The van der Waals surface area contributed by atoms with Crippen molar-refractivity contribution >= 4 is 52.2 Å². The van der Waals surface area contributed by atoms with Crippen LogP contribution in [0.1, 0.15) is 28.8 Å². The van der Waals surface area contributed by atoms with E-state index in [4.69, 9.17) is 16.7 Å². The number of rotatable bonds is 7. The number of aryl methyl sites for hydroxylation is 1. The monoisotopic (exact) mass is 480 g/mol. The second kappa shape index (κ2) is 10.5. The fraction of sp³-hybridized carbons (Fsp3) is 0.250. The maximum absolute atomic E-state index is 12.4. The average Bonchev–Trinajstić information content (AvgIpc) is 2.98. The van der Waals surface area contributed by atoms with Crippen molar-refractivity contribution in [3.8, 4) is 0 Å². The van der Waals surface area contributed by atoms with Crippen molar-refractivity contribution in [3.63, 3.8) is 0 Å². The number of aliphatic hydroxyl groups is 1. The first kappa shape index (κ1) is 23.5. The molecular weight excluding hydrogens is 456 g/mol. The van der Waals surface area contributed by atoms with Gasteiger partial charge in [0.05, 0.1) is 24.1 Å². The molecular formula is C24H25ClN6O3. The molecule has 3 aromatic rings. The highest BCUT2D eigenvalue weighted by molar-refractivity contribution is 6.33. The van der Waals surface area contributed by atoms with E-state index in [1.54, 1.807) is 36.2 Å². The largest absolute Gasteiger partial charge is 0.395 e. The van der Waals surface area contributed by atoms with Gasteiger partial charge in [-0.1, -0.05) is 23.7 Å². The Morgan fingerprint density at radius 1 is 1.18 bits per heavy atom. The van der Waals surface area contributed by atoms with Crippen LogP contribution in [0, 0.1) is 0 Å². The van der Waals surface area contributed by atoms with Gasteiger partial charge in [0.15, 0.2) is 5.82 Å². The van der Waals surface area contributed by atoms with Crippen LogP contribution in [0.4, 0.5) is 28.8 Å². The van der Waals surface area contributed by atoms with E-state index < -0.39 is 0 Å². The summed E-state index contributed by atoms with van der Waals surface area (Å²) in [6, 6.07) is 12.7. The number of carbonyl (C=O) groups is 2. The minimum atomic E-state index is -0.325. The summed E-state index contributed by atoms with van der Waals surface area (Å²) < 4.78 is 0. The smallest absolute Gasteiger partial charge is 0.253 e. The predicted molar refractivity (Wildman–Crippen MR) is 132 cm³/mol. The second-order valence-electron chi connectivity index (χ2n) is 7.82. The molecule has 2 heterocycles. The SMILES string of the molecule is CN1C(=O)CCCc2cc(Nc3ncc(Cl)c(Nc4ccccc4C(=O)NCCO)n3)ccc21. The number of para-hydroxylation sites is 1. The summed E-state index contributed by atoms with van der Waals surface area (Å²) in [4.78, 5) is 35.0. The first-order valence-electron chi connectivity index (χ1n) is 10.9. The van der Waals surface area contributed by atoms with Gasteiger partial charge in [0.2, 0.25) is 11.9 Å². The molecule has 1 aliphatic heterocycles. The third-order valence-electron chi connectivity index (χ3n) is 5.47. The molecule has 0 fully saturated rings. The van der Waals surface area contributed by atoms with Gasteiger partial charge in [0.25, 0.3) is 5.91 Å². The zero-order chi connectivity index (χ0) is 24.1. The molecule has 2 aromatic carbocycles. The lowest BCUT2D eigenvalue weighted by atomic mass is 10.1. The number of aromatic nitrogens is 2. The Balaban J connectivity index is 1.56. The highest BCUT2D eigenvalue weighted by atomic mass is 35.5. The number of carbonyl (C=O) groups excluding carboxylic acids is 2. The molecule has 0 atom stereocenters. The Labute approximate surface area is 202 Å². The van der Waals surface area contributed by atoms with Gasteiger partial charge in [-0.25, -0.2) is 4.98 Å². The van der Waals surface area contributed by atoms with Gasteiger partial charge in [-0.05, 0) is 48.7 Å². The lowest BCUT2D eigenvalue weighted by Crippen LogP contribution is -2.27. The summed E-state index contributed by atoms with van der Waals surface area (Å²) in [6.45, 7) is 0.00359. The van der Waals surface area contributed by atoms with Crippen LogP contribution in [0.3, 0.4) is 0 Å². The predicted octanol–water partition coefficient (Wildman–Crippen LogP) is 3.64. The second-order valence-corrected chi connectivity index (χ2v) is 8.22. The summed E-state index contributed by atoms with van der Waals surface area (Å²) in [6.07, 6.45) is 3.62. The van der Waals surface area contributed by atoms with E-state index in [0.29, 0.717) is 29.4 Å². The molecule has 4 N–H and O–H groups in total. The van der Waals surface area contributed by atoms with E-state index in [9.17, 15) is 9.59 Å². The molecule has 1 aliphatic rings. The minimum Gasteiger partial charge on any atom is -0.395 e. The number of nitrogens with zero attached hydrogens (tertiary/aromatic N) is 3. The van der Waals surface area contributed by atoms with Crippen LogP contribution in [0.25, 0.3) is 0 Å². The normalized spacial score (nSPS) is 13.1. The van der Waals surface area contributed by atoms with Crippen molar-refractivity contribution in [2.45, 2.75) is 19.3 Å². The molecule has 0 aliphatic carbocycles. The van der Waals surface area contributed by atoms with Gasteiger partial charge in [0.1, 0.15) is 5.02 Å². The summed E-state index contributed by atoms with van der Waals surface area (Å²) in [5.74, 6) is 0.449. The molecule has 0 saturated heterocycles. The number of halogens is 1. The van der Waals surface area contributed by atoms with E-state index in [0.717, 1.165) is 29.8 Å². The topological polar surface area (TPSA) is 119 Å².